The van der Waals surface area contributed by atoms with Crippen LogP contribution in [0.15, 0.2) is 46.3 Å². The normalized spacial score (nSPS) is 15.7. The number of Topliss-reactive ketones (excluding diaryl/α,β-unsaturated/α-hetero) is 1. The highest BCUT2D eigenvalue weighted by Crippen LogP contribution is 2.32. The fraction of sp³-hybridized carbons (Fsp3) is 0.320. The van der Waals surface area contributed by atoms with Crippen LogP contribution in [0, 0.1) is 11.3 Å². The van der Waals surface area contributed by atoms with E-state index in [1.165, 1.54) is 29.3 Å². The average Bonchev–Trinajstić information content (AvgIpc) is 3.52. The summed E-state index contributed by atoms with van der Waals surface area (Å²) in [5.41, 5.74) is 9.70. The molecule has 0 spiro atoms. The van der Waals surface area contributed by atoms with Crippen LogP contribution in [0.25, 0.3) is 11.0 Å². The van der Waals surface area contributed by atoms with E-state index in [-0.39, 0.29) is 23.9 Å². The van der Waals surface area contributed by atoms with Gasteiger partial charge in [0.25, 0.3) is 5.56 Å². The standard InChI is InChI=1S/C25H25N7O3S/c1-35-19-6-2-4-16(8-19)21(33)12-31-14-28-22-20(9-26)24(30-7-3-5-17(27)10-30)32(23(22)25(31)34)11-18-13-36-15-29-18/h2,4,6,8,13-15,17H,3,5,7,10-12,27H2,1H3/t17-/m1/s1. The number of aromatic nitrogens is 4. The van der Waals surface area contributed by atoms with Gasteiger partial charge in [-0.15, -0.1) is 11.3 Å². The molecule has 4 heterocycles. The van der Waals surface area contributed by atoms with Crippen molar-refractivity contribution >= 4 is 34.0 Å². The molecule has 1 atom stereocenters. The SMILES string of the molecule is COc1cccc(C(=O)Cn2cnc3c(C#N)c(N4CCC[C@@H](N)C4)n(Cc4cscn4)c3c2=O)c1. The van der Waals surface area contributed by atoms with Crippen molar-refractivity contribution in [2.75, 3.05) is 25.1 Å². The minimum atomic E-state index is -0.393. The van der Waals surface area contributed by atoms with E-state index in [9.17, 15) is 14.9 Å². The minimum Gasteiger partial charge on any atom is -0.497 e. The second kappa shape index (κ2) is 9.93. The van der Waals surface area contributed by atoms with Crippen molar-refractivity contribution in [3.8, 4) is 11.8 Å². The van der Waals surface area contributed by atoms with Crippen molar-refractivity contribution in [2.45, 2.75) is 32.0 Å². The highest BCUT2D eigenvalue weighted by atomic mass is 32.1. The highest BCUT2D eigenvalue weighted by molar-refractivity contribution is 7.07. The molecule has 1 aliphatic rings. The van der Waals surface area contributed by atoms with E-state index in [1.54, 1.807) is 29.8 Å². The number of nitrogens with two attached hydrogens (primary N) is 1. The van der Waals surface area contributed by atoms with Crippen LogP contribution in [-0.2, 0) is 13.1 Å². The molecule has 1 aromatic carbocycles. The van der Waals surface area contributed by atoms with Gasteiger partial charge in [0.15, 0.2) is 5.78 Å². The van der Waals surface area contributed by atoms with Gasteiger partial charge in [-0.3, -0.25) is 14.2 Å². The van der Waals surface area contributed by atoms with Crippen LogP contribution < -0.4 is 20.9 Å². The monoisotopic (exact) mass is 503 g/mol. The number of nitriles is 1. The first kappa shape index (κ1) is 23.7. The van der Waals surface area contributed by atoms with Crippen LogP contribution >= 0.6 is 11.3 Å². The largest absolute Gasteiger partial charge is 0.497 e. The lowest BCUT2D eigenvalue weighted by atomic mass is 10.1. The zero-order chi connectivity index (χ0) is 25.2. The number of piperidine rings is 1. The van der Waals surface area contributed by atoms with Crippen molar-refractivity contribution in [3.63, 3.8) is 0 Å². The quantitative estimate of drug-likeness (QED) is 0.380. The molecule has 2 N–H and O–H groups in total. The number of hydrogen-bond acceptors (Lipinski definition) is 9. The number of carbonyl (C=O) groups is 1. The van der Waals surface area contributed by atoms with Gasteiger partial charge in [0, 0.05) is 30.1 Å². The van der Waals surface area contributed by atoms with Crippen molar-refractivity contribution in [2.24, 2.45) is 5.73 Å². The number of rotatable bonds is 7. The van der Waals surface area contributed by atoms with Crippen molar-refractivity contribution in [1.82, 2.24) is 19.1 Å². The number of nitrogens with zero attached hydrogens (tertiary/aromatic N) is 6. The Kier molecular flexibility index (Phi) is 6.54. The van der Waals surface area contributed by atoms with E-state index >= 15 is 0 Å². The number of hydrogen-bond donors (Lipinski definition) is 1. The molecular formula is C25H25N7O3S. The summed E-state index contributed by atoms with van der Waals surface area (Å²) in [4.78, 5) is 37.7. The molecule has 0 radical (unpaired) electrons. The molecule has 0 aliphatic carbocycles. The Morgan fingerprint density at radius 1 is 1.36 bits per heavy atom. The molecular weight excluding hydrogens is 478 g/mol. The predicted octanol–water partition coefficient (Wildman–Crippen LogP) is 2.39. The van der Waals surface area contributed by atoms with Gasteiger partial charge < -0.3 is 19.9 Å². The van der Waals surface area contributed by atoms with Gasteiger partial charge in [0.1, 0.15) is 34.2 Å². The van der Waals surface area contributed by atoms with Crippen LogP contribution in [0.5, 0.6) is 5.75 Å². The Labute approximate surface area is 211 Å². The molecule has 36 heavy (non-hydrogen) atoms. The summed E-state index contributed by atoms with van der Waals surface area (Å²) in [6.45, 7) is 1.40. The lowest BCUT2D eigenvalue weighted by molar-refractivity contribution is 0.0970. The Bertz CT molecular complexity index is 1520. The second-order valence-corrected chi connectivity index (χ2v) is 9.47. The summed E-state index contributed by atoms with van der Waals surface area (Å²) < 4.78 is 8.30. The number of anilines is 1. The summed E-state index contributed by atoms with van der Waals surface area (Å²) in [7, 11) is 1.53. The van der Waals surface area contributed by atoms with Gasteiger partial charge in [0.05, 0.1) is 37.7 Å². The molecule has 0 bridgehead atoms. The number of fused-ring (bicyclic) bond motifs is 1. The van der Waals surface area contributed by atoms with E-state index in [2.05, 4.69) is 20.9 Å². The first-order valence-electron chi connectivity index (χ1n) is 11.6. The van der Waals surface area contributed by atoms with Crippen LogP contribution in [0.3, 0.4) is 0 Å². The van der Waals surface area contributed by atoms with Gasteiger partial charge in [-0.25, -0.2) is 9.97 Å². The Morgan fingerprint density at radius 2 is 2.22 bits per heavy atom. The molecule has 3 aromatic heterocycles. The number of thiazole rings is 1. The van der Waals surface area contributed by atoms with E-state index in [0.29, 0.717) is 41.3 Å². The topological polar surface area (TPSA) is 132 Å². The fourth-order valence-corrected chi connectivity index (χ4v) is 5.22. The molecule has 4 aromatic rings. The molecule has 1 aliphatic heterocycles. The molecule has 1 fully saturated rings. The minimum absolute atomic E-state index is 0.0267. The maximum absolute atomic E-state index is 13.8. The lowest BCUT2D eigenvalue weighted by Gasteiger charge is -2.33. The lowest BCUT2D eigenvalue weighted by Crippen LogP contribution is -2.44. The smallest absolute Gasteiger partial charge is 0.278 e. The fourth-order valence-electron chi connectivity index (χ4n) is 4.67. The van der Waals surface area contributed by atoms with Gasteiger partial charge >= 0.3 is 0 Å². The third-order valence-corrected chi connectivity index (χ3v) is 7.01. The van der Waals surface area contributed by atoms with Crippen LogP contribution in [0.1, 0.15) is 34.5 Å². The third-order valence-electron chi connectivity index (χ3n) is 6.38. The summed E-state index contributed by atoms with van der Waals surface area (Å²) in [5, 5.41) is 12.0. The first-order chi connectivity index (χ1) is 17.5. The zero-order valence-corrected chi connectivity index (χ0v) is 20.6. The number of ketones is 1. The first-order valence-corrected chi connectivity index (χ1v) is 12.5. The average molecular weight is 504 g/mol. The molecule has 1 saturated heterocycles. The maximum atomic E-state index is 13.8. The molecule has 0 saturated carbocycles. The predicted molar refractivity (Wildman–Crippen MR) is 137 cm³/mol. The van der Waals surface area contributed by atoms with E-state index < -0.39 is 5.56 Å². The van der Waals surface area contributed by atoms with Crippen molar-refractivity contribution < 1.29 is 9.53 Å². The maximum Gasteiger partial charge on any atom is 0.278 e. The number of carbonyl (C=O) groups excluding carboxylic acids is 1. The molecule has 11 heteroatoms. The molecule has 184 valence electrons. The Balaban J connectivity index is 1.63. The number of benzene rings is 1. The summed E-state index contributed by atoms with van der Waals surface area (Å²) >= 11 is 1.46. The zero-order valence-electron chi connectivity index (χ0n) is 19.8. The second-order valence-electron chi connectivity index (χ2n) is 8.75. The highest BCUT2D eigenvalue weighted by Gasteiger charge is 2.29. The van der Waals surface area contributed by atoms with E-state index in [4.69, 9.17) is 10.5 Å². The summed E-state index contributed by atoms with van der Waals surface area (Å²) in [6, 6.07) is 9.03. The van der Waals surface area contributed by atoms with Crippen LogP contribution in [0.4, 0.5) is 5.82 Å². The Hall–Kier alpha value is -4.01. The molecule has 0 amide bonds. The summed E-state index contributed by atoms with van der Waals surface area (Å²) in [5.74, 6) is 0.927. The third kappa shape index (κ3) is 4.36. The van der Waals surface area contributed by atoms with Crippen molar-refractivity contribution in [3.05, 3.63) is 68.7 Å². The summed E-state index contributed by atoms with van der Waals surface area (Å²) in [6.07, 6.45) is 3.13. The van der Waals surface area contributed by atoms with Gasteiger partial charge in [-0.05, 0) is 25.0 Å². The molecule has 5 rings (SSSR count). The number of methoxy groups -OCH3 is 1. The van der Waals surface area contributed by atoms with E-state index in [0.717, 1.165) is 25.1 Å². The van der Waals surface area contributed by atoms with Crippen molar-refractivity contribution in [1.29, 1.82) is 5.26 Å². The van der Waals surface area contributed by atoms with Gasteiger partial charge in [-0.2, -0.15) is 5.26 Å². The molecule has 0 unspecified atom stereocenters. The van der Waals surface area contributed by atoms with Crippen LogP contribution in [-0.4, -0.2) is 51.1 Å². The van der Waals surface area contributed by atoms with Gasteiger partial charge in [0.2, 0.25) is 0 Å². The van der Waals surface area contributed by atoms with Crippen LogP contribution in [0.2, 0.25) is 0 Å². The molecule has 10 nitrogen and oxygen atoms in total. The van der Waals surface area contributed by atoms with Gasteiger partial charge in [-0.1, -0.05) is 12.1 Å². The van der Waals surface area contributed by atoms with E-state index in [1.807, 2.05) is 9.95 Å². The Morgan fingerprint density at radius 3 is 2.94 bits per heavy atom. The number of ether oxygens (including phenoxy) is 1.